The maximum atomic E-state index is 14.0. The molecule has 1 heterocycles. The molecule has 1 unspecified atom stereocenters. The minimum atomic E-state index is -5.19. The molecule has 0 spiro atoms. The lowest BCUT2D eigenvalue weighted by Gasteiger charge is -2.38. The lowest BCUT2D eigenvalue weighted by Crippen LogP contribution is -2.57. The average molecular weight is 570 g/mol. The van der Waals surface area contributed by atoms with E-state index in [1.165, 1.54) is 24.1 Å². The molecule has 2 aromatic carbocycles. The molecule has 1 atom stereocenters. The number of halogens is 4. The van der Waals surface area contributed by atoms with E-state index in [4.69, 9.17) is 16.3 Å². The monoisotopic (exact) mass is 569 g/mol. The largest absolute Gasteiger partial charge is 0.497 e. The number of rotatable bonds is 10. The molecule has 1 aliphatic heterocycles. The number of nitrogens with one attached hydrogen (secondary N) is 1. The van der Waals surface area contributed by atoms with Gasteiger partial charge in [-0.25, -0.2) is 0 Å². The molecular formula is C28H35ClF3N3O4. The molecule has 1 aliphatic rings. The van der Waals surface area contributed by atoms with Crippen LogP contribution in [0, 0.1) is 5.92 Å². The number of unbranched alkanes of at least 4 members (excludes halogenated alkanes) is 1. The molecule has 2 aromatic rings. The summed E-state index contributed by atoms with van der Waals surface area (Å²) in [5.41, 5.74) is -2.94. The molecule has 1 saturated heterocycles. The number of ether oxygens (including phenoxy) is 1. The number of carbonyl (C=O) groups is 2. The summed E-state index contributed by atoms with van der Waals surface area (Å²) < 4.78 is 47.0. The fourth-order valence-corrected chi connectivity index (χ4v) is 5.00. The Kier molecular flexibility index (Phi) is 10.1. The van der Waals surface area contributed by atoms with Crippen molar-refractivity contribution in [2.24, 2.45) is 5.92 Å². The molecule has 0 aliphatic carbocycles. The van der Waals surface area contributed by atoms with Crippen molar-refractivity contribution in [2.45, 2.75) is 43.9 Å². The Balaban J connectivity index is 1.47. The Bertz CT molecular complexity index is 1150. The van der Waals surface area contributed by atoms with Gasteiger partial charge in [-0.1, -0.05) is 36.6 Å². The normalized spacial score (nSPS) is 15.9. The Morgan fingerprint density at radius 1 is 1.13 bits per heavy atom. The third-order valence-electron chi connectivity index (χ3n) is 7.08. The predicted molar refractivity (Wildman–Crippen MR) is 144 cm³/mol. The Labute approximate surface area is 231 Å². The van der Waals surface area contributed by atoms with Crippen LogP contribution < -0.4 is 10.1 Å². The second kappa shape index (κ2) is 12.9. The van der Waals surface area contributed by atoms with Gasteiger partial charge in [-0.05, 0) is 55.5 Å². The van der Waals surface area contributed by atoms with E-state index in [-0.39, 0.29) is 30.7 Å². The predicted octanol–water partition coefficient (Wildman–Crippen LogP) is 5.32. The first-order valence-electron chi connectivity index (χ1n) is 12.9. The van der Waals surface area contributed by atoms with Crippen molar-refractivity contribution in [3.63, 3.8) is 0 Å². The van der Waals surface area contributed by atoms with Crippen molar-refractivity contribution in [3.05, 3.63) is 58.6 Å². The van der Waals surface area contributed by atoms with Crippen LogP contribution in [0.25, 0.3) is 0 Å². The summed E-state index contributed by atoms with van der Waals surface area (Å²) in [6, 6.07) is 10.1. The van der Waals surface area contributed by atoms with Crippen LogP contribution in [0.2, 0.25) is 5.02 Å². The number of nitrogens with zero attached hydrogens (tertiary/aromatic N) is 2. The van der Waals surface area contributed by atoms with Crippen LogP contribution in [-0.4, -0.2) is 73.7 Å². The van der Waals surface area contributed by atoms with Crippen molar-refractivity contribution in [1.82, 2.24) is 9.80 Å². The van der Waals surface area contributed by atoms with E-state index >= 15 is 0 Å². The summed E-state index contributed by atoms with van der Waals surface area (Å²) in [5.74, 6) is -1.11. The summed E-state index contributed by atoms with van der Waals surface area (Å²) >= 11 is 6.25. The van der Waals surface area contributed by atoms with Crippen LogP contribution in [0.3, 0.4) is 0 Å². The van der Waals surface area contributed by atoms with Crippen molar-refractivity contribution < 1.29 is 32.6 Å². The summed E-state index contributed by atoms with van der Waals surface area (Å²) in [6.45, 7) is 1.01. The minimum Gasteiger partial charge on any atom is -0.497 e. The van der Waals surface area contributed by atoms with Gasteiger partial charge in [0, 0.05) is 45.0 Å². The van der Waals surface area contributed by atoms with E-state index in [1.54, 1.807) is 26.2 Å². The molecule has 7 nitrogen and oxygen atoms in total. The number of hydrogen-bond acceptors (Lipinski definition) is 5. The number of piperidine rings is 1. The molecule has 0 aromatic heterocycles. The molecule has 214 valence electrons. The van der Waals surface area contributed by atoms with Gasteiger partial charge in [0.05, 0.1) is 17.7 Å². The smallest absolute Gasteiger partial charge is 0.430 e. The second-order valence-corrected chi connectivity index (χ2v) is 10.4. The van der Waals surface area contributed by atoms with Crippen molar-refractivity contribution in [1.29, 1.82) is 0 Å². The van der Waals surface area contributed by atoms with Gasteiger partial charge in [-0.2, -0.15) is 13.2 Å². The summed E-state index contributed by atoms with van der Waals surface area (Å²) in [5, 5.41) is 14.4. The Morgan fingerprint density at radius 2 is 1.82 bits per heavy atom. The van der Waals surface area contributed by atoms with Gasteiger partial charge >= 0.3 is 6.18 Å². The number of methoxy groups -OCH3 is 1. The maximum Gasteiger partial charge on any atom is 0.430 e. The lowest BCUT2D eigenvalue weighted by atomic mass is 9.87. The summed E-state index contributed by atoms with van der Waals surface area (Å²) in [6.07, 6.45) is -1.37. The molecule has 2 N–H and O–H groups in total. The first kappa shape index (κ1) is 30.6. The van der Waals surface area contributed by atoms with E-state index in [1.807, 2.05) is 6.07 Å². The third kappa shape index (κ3) is 7.16. The van der Waals surface area contributed by atoms with Crippen LogP contribution in [0.15, 0.2) is 42.5 Å². The van der Waals surface area contributed by atoms with Crippen LogP contribution >= 0.6 is 11.6 Å². The molecule has 0 bridgehead atoms. The van der Waals surface area contributed by atoms with Gasteiger partial charge in [0.25, 0.3) is 17.4 Å². The molecule has 1 fully saturated rings. The molecule has 2 amide bonds. The summed E-state index contributed by atoms with van der Waals surface area (Å²) in [4.78, 5) is 27.7. The van der Waals surface area contributed by atoms with E-state index in [0.29, 0.717) is 30.0 Å². The SMILES string of the molecule is COc1cccc(C(O)(C(=O)N2CCC(CCCCNc3ccc(C(=O)N(C)C)c(Cl)c3)CC2)C(F)(F)F)c1. The Hall–Kier alpha value is -2.98. The van der Waals surface area contributed by atoms with E-state index in [2.05, 4.69) is 5.32 Å². The van der Waals surface area contributed by atoms with Gasteiger partial charge < -0.3 is 25.0 Å². The number of benzene rings is 2. The van der Waals surface area contributed by atoms with Gasteiger partial charge in [0.1, 0.15) is 5.75 Å². The highest BCUT2D eigenvalue weighted by atomic mass is 35.5. The van der Waals surface area contributed by atoms with Crippen molar-refractivity contribution >= 4 is 29.1 Å². The van der Waals surface area contributed by atoms with Crippen LogP contribution in [0.5, 0.6) is 5.75 Å². The Morgan fingerprint density at radius 3 is 2.41 bits per heavy atom. The first-order chi connectivity index (χ1) is 18.4. The fourth-order valence-electron chi connectivity index (χ4n) is 4.74. The first-order valence-corrected chi connectivity index (χ1v) is 13.2. The number of aliphatic hydroxyl groups is 1. The minimum absolute atomic E-state index is 0.121. The molecule has 39 heavy (non-hydrogen) atoms. The molecular weight excluding hydrogens is 535 g/mol. The maximum absolute atomic E-state index is 14.0. The zero-order valence-electron chi connectivity index (χ0n) is 22.4. The van der Waals surface area contributed by atoms with E-state index < -0.39 is 23.2 Å². The van der Waals surface area contributed by atoms with Gasteiger partial charge in [-0.3, -0.25) is 9.59 Å². The van der Waals surface area contributed by atoms with Crippen molar-refractivity contribution in [3.8, 4) is 5.75 Å². The quantitative estimate of drug-likeness (QED) is 0.378. The van der Waals surface area contributed by atoms with Gasteiger partial charge in [0.15, 0.2) is 0 Å². The lowest BCUT2D eigenvalue weighted by molar-refractivity contribution is -0.262. The fraction of sp³-hybridized carbons (Fsp3) is 0.500. The number of alkyl halides is 3. The highest BCUT2D eigenvalue weighted by Gasteiger charge is 2.62. The molecule has 0 radical (unpaired) electrons. The molecule has 11 heteroatoms. The number of likely N-dealkylation sites (tertiary alicyclic amines) is 1. The highest BCUT2D eigenvalue weighted by Crippen LogP contribution is 2.42. The number of carbonyl (C=O) groups excluding carboxylic acids is 2. The number of amides is 2. The third-order valence-corrected chi connectivity index (χ3v) is 7.40. The number of hydrogen-bond donors (Lipinski definition) is 2. The zero-order chi connectivity index (χ0) is 28.8. The van der Waals surface area contributed by atoms with Gasteiger partial charge in [-0.15, -0.1) is 0 Å². The van der Waals surface area contributed by atoms with E-state index in [0.717, 1.165) is 42.0 Å². The second-order valence-electron chi connectivity index (χ2n) is 9.99. The topological polar surface area (TPSA) is 82.1 Å². The standard InChI is InChI=1S/C28H35ClF3N3O4/c1-34(2)25(36)23-11-10-21(18-24(23)29)33-14-5-4-7-19-12-15-35(16-13-19)26(37)27(38,28(30,31)32)20-8-6-9-22(17-20)39-3/h6,8-11,17-19,33,38H,4-5,7,12-16H2,1-3H3. The van der Waals surface area contributed by atoms with Crippen LogP contribution in [0.4, 0.5) is 18.9 Å². The van der Waals surface area contributed by atoms with Crippen LogP contribution in [-0.2, 0) is 10.4 Å². The van der Waals surface area contributed by atoms with E-state index in [9.17, 15) is 27.9 Å². The average Bonchev–Trinajstić information content (AvgIpc) is 2.91. The highest BCUT2D eigenvalue weighted by molar-refractivity contribution is 6.34. The van der Waals surface area contributed by atoms with Gasteiger partial charge in [0.2, 0.25) is 0 Å². The van der Waals surface area contributed by atoms with Crippen molar-refractivity contribution in [2.75, 3.05) is 46.2 Å². The zero-order valence-corrected chi connectivity index (χ0v) is 23.1. The van der Waals surface area contributed by atoms with Crippen LogP contribution in [0.1, 0.15) is 48.0 Å². The molecule has 3 rings (SSSR count). The molecule has 0 saturated carbocycles. The number of anilines is 1. The summed E-state index contributed by atoms with van der Waals surface area (Å²) in [7, 11) is 4.63.